The summed E-state index contributed by atoms with van der Waals surface area (Å²) in [4.78, 5) is 8.58. The summed E-state index contributed by atoms with van der Waals surface area (Å²) in [6.45, 7) is 6.33. The maximum atomic E-state index is 6.09. The number of hydrogen-bond acceptors (Lipinski definition) is 4. The van der Waals surface area contributed by atoms with Gasteiger partial charge >= 0.3 is 0 Å². The number of hydrogen-bond donors (Lipinski definition) is 1. The molecule has 0 radical (unpaired) electrons. The van der Waals surface area contributed by atoms with Crippen molar-refractivity contribution in [3.05, 3.63) is 54.0 Å². The molecule has 0 saturated carbocycles. The minimum atomic E-state index is 0.632. The lowest BCUT2D eigenvalue weighted by atomic mass is 10.2. The van der Waals surface area contributed by atoms with Crippen LogP contribution in [0.25, 0.3) is 16.7 Å². The van der Waals surface area contributed by atoms with Crippen LogP contribution in [-0.4, -0.2) is 26.3 Å². The van der Waals surface area contributed by atoms with E-state index in [0.29, 0.717) is 11.6 Å². The van der Waals surface area contributed by atoms with Crippen molar-refractivity contribution in [3.63, 3.8) is 0 Å². The van der Waals surface area contributed by atoms with Gasteiger partial charge in [0.05, 0.1) is 17.3 Å². The molecule has 0 unspecified atom stereocenters. The van der Waals surface area contributed by atoms with Gasteiger partial charge in [-0.1, -0.05) is 23.7 Å². The zero-order chi connectivity index (χ0) is 14.8. The van der Waals surface area contributed by atoms with Crippen LogP contribution in [-0.2, 0) is 0 Å². The zero-order valence-corrected chi connectivity index (χ0v) is 12.3. The van der Waals surface area contributed by atoms with Crippen LogP contribution in [0.1, 0.15) is 5.56 Å². The van der Waals surface area contributed by atoms with Crippen LogP contribution in [0.15, 0.2) is 43.4 Å². The second kappa shape index (κ2) is 5.54. The molecule has 0 spiro atoms. The predicted octanol–water partition coefficient (Wildman–Crippen LogP) is 3.38. The van der Waals surface area contributed by atoms with Crippen molar-refractivity contribution in [1.29, 1.82) is 0 Å². The van der Waals surface area contributed by atoms with E-state index in [4.69, 9.17) is 11.6 Å². The topological polar surface area (TPSA) is 55.6 Å². The van der Waals surface area contributed by atoms with Gasteiger partial charge in [-0.15, -0.1) is 6.58 Å². The summed E-state index contributed by atoms with van der Waals surface area (Å²) < 4.78 is 1.78. The highest BCUT2D eigenvalue weighted by Crippen LogP contribution is 2.25. The van der Waals surface area contributed by atoms with Crippen LogP contribution in [0.2, 0.25) is 5.02 Å². The summed E-state index contributed by atoms with van der Waals surface area (Å²) in [6.07, 6.45) is 5.05. The fourth-order valence-electron chi connectivity index (χ4n) is 2.14. The van der Waals surface area contributed by atoms with Gasteiger partial charge in [0.2, 0.25) is 0 Å². The number of rotatable bonds is 4. The average Bonchev–Trinajstić information content (AvgIpc) is 2.92. The quantitative estimate of drug-likeness (QED) is 0.750. The summed E-state index contributed by atoms with van der Waals surface area (Å²) in [6, 6.07) is 5.70. The van der Waals surface area contributed by atoms with Crippen LogP contribution in [0.5, 0.6) is 0 Å². The largest absolute Gasteiger partial charge is 0.366 e. The van der Waals surface area contributed by atoms with Crippen LogP contribution < -0.4 is 5.32 Å². The monoisotopic (exact) mass is 299 g/mol. The highest BCUT2D eigenvalue weighted by atomic mass is 35.5. The van der Waals surface area contributed by atoms with Crippen molar-refractivity contribution in [2.24, 2.45) is 0 Å². The number of anilines is 1. The maximum Gasteiger partial charge on any atom is 0.168 e. The summed E-state index contributed by atoms with van der Waals surface area (Å²) in [5.74, 6) is 0.742. The minimum Gasteiger partial charge on any atom is -0.366 e. The maximum absolute atomic E-state index is 6.09. The van der Waals surface area contributed by atoms with Gasteiger partial charge in [-0.2, -0.15) is 5.10 Å². The Labute approximate surface area is 127 Å². The van der Waals surface area contributed by atoms with Gasteiger partial charge in [0.1, 0.15) is 12.1 Å². The molecule has 1 N–H and O–H groups in total. The van der Waals surface area contributed by atoms with Gasteiger partial charge in [-0.05, 0) is 24.6 Å². The number of halogens is 1. The number of benzene rings is 1. The molecule has 0 amide bonds. The first-order chi connectivity index (χ1) is 10.2. The molecule has 0 aliphatic rings. The molecule has 106 valence electrons. The Bertz CT molecular complexity index is 809. The van der Waals surface area contributed by atoms with E-state index in [1.807, 2.05) is 25.1 Å². The van der Waals surface area contributed by atoms with Crippen LogP contribution >= 0.6 is 11.6 Å². The van der Waals surface area contributed by atoms with Crippen molar-refractivity contribution in [2.75, 3.05) is 11.9 Å². The Morgan fingerprint density at radius 3 is 3.05 bits per heavy atom. The number of aromatic nitrogens is 4. The SMILES string of the molecule is C=CCNc1ncnc2c1cnn2-c1cc(Cl)ccc1C. The first-order valence-corrected chi connectivity index (χ1v) is 6.88. The molecule has 1 aromatic carbocycles. The van der Waals surface area contributed by atoms with Gasteiger partial charge in [-0.3, -0.25) is 0 Å². The van der Waals surface area contributed by atoms with Gasteiger partial charge in [0, 0.05) is 11.6 Å². The Kier molecular flexibility index (Phi) is 3.58. The van der Waals surface area contributed by atoms with E-state index < -0.39 is 0 Å². The minimum absolute atomic E-state index is 0.632. The van der Waals surface area contributed by atoms with E-state index in [2.05, 4.69) is 27.0 Å². The van der Waals surface area contributed by atoms with E-state index in [-0.39, 0.29) is 0 Å². The summed E-state index contributed by atoms with van der Waals surface area (Å²) in [5, 5.41) is 9.13. The fraction of sp³-hybridized carbons (Fsp3) is 0.133. The van der Waals surface area contributed by atoms with Crippen molar-refractivity contribution >= 4 is 28.5 Å². The van der Waals surface area contributed by atoms with E-state index in [0.717, 1.165) is 28.1 Å². The average molecular weight is 300 g/mol. The Balaban J connectivity index is 2.16. The third-order valence-corrected chi connectivity index (χ3v) is 3.41. The lowest BCUT2D eigenvalue weighted by Gasteiger charge is -2.08. The molecule has 0 aliphatic carbocycles. The third kappa shape index (κ3) is 2.48. The Hall–Kier alpha value is -2.40. The number of nitrogens with one attached hydrogen (secondary N) is 1. The summed E-state index contributed by atoms with van der Waals surface area (Å²) in [7, 11) is 0. The predicted molar refractivity (Wildman–Crippen MR) is 85.1 cm³/mol. The Morgan fingerprint density at radius 2 is 2.24 bits per heavy atom. The lowest BCUT2D eigenvalue weighted by molar-refractivity contribution is 0.887. The van der Waals surface area contributed by atoms with E-state index in [9.17, 15) is 0 Å². The van der Waals surface area contributed by atoms with Crippen molar-refractivity contribution in [1.82, 2.24) is 19.7 Å². The summed E-state index contributed by atoms with van der Waals surface area (Å²) >= 11 is 6.09. The third-order valence-electron chi connectivity index (χ3n) is 3.18. The molecule has 6 heteroatoms. The highest BCUT2D eigenvalue weighted by molar-refractivity contribution is 6.30. The molecule has 0 atom stereocenters. The first kappa shape index (κ1) is 13.6. The second-order valence-electron chi connectivity index (χ2n) is 4.62. The highest BCUT2D eigenvalue weighted by Gasteiger charge is 2.12. The van der Waals surface area contributed by atoms with E-state index in [1.165, 1.54) is 6.33 Å². The molecule has 3 rings (SSSR count). The molecule has 21 heavy (non-hydrogen) atoms. The van der Waals surface area contributed by atoms with Crippen LogP contribution in [0.3, 0.4) is 0 Å². The molecular weight excluding hydrogens is 286 g/mol. The zero-order valence-electron chi connectivity index (χ0n) is 11.5. The van der Waals surface area contributed by atoms with Crippen LogP contribution in [0, 0.1) is 6.92 Å². The number of aryl methyl sites for hydroxylation is 1. The van der Waals surface area contributed by atoms with Crippen molar-refractivity contribution < 1.29 is 0 Å². The molecule has 0 aliphatic heterocycles. The first-order valence-electron chi connectivity index (χ1n) is 6.50. The number of fused-ring (bicyclic) bond motifs is 1. The lowest BCUT2D eigenvalue weighted by Crippen LogP contribution is -2.03. The van der Waals surface area contributed by atoms with E-state index in [1.54, 1.807) is 17.0 Å². The molecular formula is C15H14ClN5. The van der Waals surface area contributed by atoms with Gasteiger partial charge < -0.3 is 5.32 Å². The van der Waals surface area contributed by atoms with Crippen molar-refractivity contribution in [2.45, 2.75) is 6.92 Å². The van der Waals surface area contributed by atoms with Gasteiger partial charge in [-0.25, -0.2) is 14.6 Å². The van der Waals surface area contributed by atoms with E-state index >= 15 is 0 Å². The van der Waals surface area contributed by atoms with Gasteiger partial charge in [0.15, 0.2) is 5.65 Å². The fourth-order valence-corrected chi connectivity index (χ4v) is 2.31. The molecule has 0 fully saturated rings. The Morgan fingerprint density at radius 1 is 1.38 bits per heavy atom. The molecule has 5 nitrogen and oxygen atoms in total. The van der Waals surface area contributed by atoms with Gasteiger partial charge in [0.25, 0.3) is 0 Å². The molecule has 2 heterocycles. The second-order valence-corrected chi connectivity index (χ2v) is 5.05. The molecule has 2 aromatic heterocycles. The van der Waals surface area contributed by atoms with Crippen LogP contribution in [0.4, 0.5) is 5.82 Å². The normalized spacial score (nSPS) is 10.8. The smallest absolute Gasteiger partial charge is 0.168 e. The van der Waals surface area contributed by atoms with Crippen molar-refractivity contribution in [3.8, 4) is 5.69 Å². The molecule has 0 saturated heterocycles. The molecule has 3 aromatic rings. The standard InChI is InChI=1S/C15H14ClN5/c1-3-6-17-14-12-8-20-21(15(12)19-9-18-14)13-7-11(16)5-4-10(13)2/h3-5,7-9H,1,6H2,2H3,(H,17,18,19). The number of nitrogens with zero attached hydrogens (tertiary/aromatic N) is 4. The summed E-state index contributed by atoms with van der Waals surface area (Å²) in [5.41, 5.74) is 2.72. The molecule has 0 bridgehead atoms.